The summed E-state index contributed by atoms with van der Waals surface area (Å²) < 4.78 is 61.2. The summed E-state index contributed by atoms with van der Waals surface area (Å²) in [7, 11) is 3.14. The molecule has 2 N–H and O–H groups in total. The summed E-state index contributed by atoms with van der Waals surface area (Å²) in [6.07, 6.45) is 0.676. The molecular formula is C26H32F3N3O4. The molecule has 1 aromatic heterocycles. The second-order valence-electron chi connectivity index (χ2n) is 9.04. The summed E-state index contributed by atoms with van der Waals surface area (Å²) in [5, 5.41) is 13.6. The Kier molecular flexibility index (Phi) is 8.30. The van der Waals surface area contributed by atoms with Gasteiger partial charge >= 0.3 is 5.92 Å². The number of hydrogen-bond acceptors (Lipinski definition) is 7. The van der Waals surface area contributed by atoms with Crippen molar-refractivity contribution in [2.75, 3.05) is 32.8 Å². The van der Waals surface area contributed by atoms with Crippen molar-refractivity contribution in [3.8, 4) is 11.5 Å². The van der Waals surface area contributed by atoms with Gasteiger partial charge in [-0.1, -0.05) is 12.1 Å². The standard InChI is InChI=1S/C26H32F3N3O4/c1-15(17-9-7-10-19(23(17)27)26(28,29)25(3,4)33)30-24-18-13-22(36-12-8-11-34-5)21(35-6)14-20(18)31-16(2)32-24/h7,9-10,13-15,33H,8,11-12H2,1-6H3,(H,30,31,32)/t15-/m1/s1. The van der Waals surface area contributed by atoms with E-state index < -0.39 is 28.9 Å². The highest BCUT2D eigenvalue weighted by atomic mass is 19.3. The van der Waals surface area contributed by atoms with E-state index in [9.17, 15) is 13.9 Å². The normalized spacial score (nSPS) is 13.1. The molecule has 0 amide bonds. The van der Waals surface area contributed by atoms with Gasteiger partial charge in [-0.3, -0.25) is 0 Å². The monoisotopic (exact) mass is 507 g/mol. The number of anilines is 1. The van der Waals surface area contributed by atoms with Crippen LogP contribution in [0.4, 0.5) is 19.0 Å². The maximum Gasteiger partial charge on any atom is 0.303 e. The van der Waals surface area contributed by atoms with Gasteiger partial charge in [0.05, 0.1) is 30.8 Å². The van der Waals surface area contributed by atoms with Crippen molar-refractivity contribution >= 4 is 16.7 Å². The molecule has 0 aliphatic heterocycles. The van der Waals surface area contributed by atoms with Gasteiger partial charge in [0.15, 0.2) is 11.5 Å². The molecule has 0 fully saturated rings. The number of methoxy groups -OCH3 is 2. The second kappa shape index (κ2) is 10.9. The number of halogens is 3. The Morgan fingerprint density at radius 3 is 2.44 bits per heavy atom. The van der Waals surface area contributed by atoms with Gasteiger partial charge in [-0.05, 0) is 39.8 Å². The van der Waals surface area contributed by atoms with Gasteiger partial charge in [0.2, 0.25) is 0 Å². The van der Waals surface area contributed by atoms with Crippen LogP contribution < -0.4 is 14.8 Å². The first-order valence-electron chi connectivity index (χ1n) is 11.5. The zero-order chi connectivity index (χ0) is 26.7. The number of nitrogens with zero attached hydrogens (tertiary/aromatic N) is 2. The Hall–Kier alpha value is -3.11. The largest absolute Gasteiger partial charge is 0.493 e. The second-order valence-corrected chi connectivity index (χ2v) is 9.04. The average molecular weight is 508 g/mol. The summed E-state index contributed by atoms with van der Waals surface area (Å²) in [4.78, 5) is 8.92. The molecule has 0 unspecified atom stereocenters. The molecule has 1 heterocycles. The Labute approximate surface area is 208 Å². The minimum Gasteiger partial charge on any atom is -0.493 e. The van der Waals surface area contributed by atoms with E-state index in [2.05, 4.69) is 15.3 Å². The Balaban J connectivity index is 2.00. The zero-order valence-corrected chi connectivity index (χ0v) is 21.3. The fourth-order valence-corrected chi connectivity index (χ4v) is 3.76. The van der Waals surface area contributed by atoms with Crippen LogP contribution in [0.15, 0.2) is 30.3 Å². The van der Waals surface area contributed by atoms with E-state index >= 15 is 4.39 Å². The number of nitrogens with one attached hydrogen (secondary N) is 1. The van der Waals surface area contributed by atoms with E-state index in [0.717, 1.165) is 19.9 Å². The molecule has 0 aliphatic carbocycles. The van der Waals surface area contributed by atoms with Gasteiger partial charge in [0.25, 0.3) is 0 Å². The molecule has 0 aliphatic rings. The predicted molar refractivity (Wildman–Crippen MR) is 131 cm³/mol. The van der Waals surface area contributed by atoms with Crippen LogP contribution in [-0.2, 0) is 10.7 Å². The van der Waals surface area contributed by atoms with Crippen molar-refractivity contribution in [1.29, 1.82) is 0 Å². The lowest BCUT2D eigenvalue weighted by molar-refractivity contribution is -0.170. The molecule has 0 saturated heterocycles. The summed E-state index contributed by atoms with van der Waals surface area (Å²) in [6.45, 7) is 6.18. The van der Waals surface area contributed by atoms with Crippen molar-refractivity contribution in [2.24, 2.45) is 0 Å². The maximum atomic E-state index is 15.3. The van der Waals surface area contributed by atoms with Crippen molar-refractivity contribution in [3.05, 3.63) is 53.1 Å². The first-order valence-corrected chi connectivity index (χ1v) is 11.5. The molecule has 10 heteroatoms. The van der Waals surface area contributed by atoms with Crippen molar-refractivity contribution in [2.45, 2.75) is 51.7 Å². The van der Waals surface area contributed by atoms with Crippen LogP contribution in [0.3, 0.4) is 0 Å². The third-order valence-electron chi connectivity index (χ3n) is 5.80. The molecule has 7 nitrogen and oxygen atoms in total. The van der Waals surface area contributed by atoms with Crippen LogP contribution in [0.1, 0.15) is 50.2 Å². The Morgan fingerprint density at radius 1 is 1.08 bits per heavy atom. The quantitative estimate of drug-likeness (QED) is 0.330. The van der Waals surface area contributed by atoms with Crippen LogP contribution in [0.2, 0.25) is 0 Å². The number of aryl methyl sites for hydroxylation is 1. The smallest absolute Gasteiger partial charge is 0.303 e. The van der Waals surface area contributed by atoms with Crippen LogP contribution >= 0.6 is 0 Å². The highest BCUT2D eigenvalue weighted by Gasteiger charge is 2.49. The summed E-state index contributed by atoms with van der Waals surface area (Å²) in [5.74, 6) is -3.09. The van der Waals surface area contributed by atoms with E-state index in [-0.39, 0.29) is 5.56 Å². The molecule has 2 aromatic carbocycles. The molecule has 36 heavy (non-hydrogen) atoms. The number of hydrogen-bond donors (Lipinski definition) is 2. The average Bonchev–Trinajstić information content (AvgIpc) is 2.80. The lowest BCUT2D eigenvalue weighted by atomic mass is 9.91. The van der Waals surface area contributed by atoms with Gasteiger partial charge in [-0.15, -0.1) is 0 Å². The topological polar surface area (TPSA) is 85.7 Å². The lowest BCUT2D eigenvalue weighted by Crippen LogP contribution is -2.41. The van der Waals surface area contributed by atoms with Crippen molar-refractivity contribution < 1.29 is 32.5 Å². The molecule has 3 aromatic rings. The van der Waals surface area contributed by atoms with Crippen LogP contribution in [-0.4, -0.2) is 48.1 Å². The number of benzene rings is 2. The van der Waals surface area contributed by atoms with Crippen LogP contribution in [0.5, 0.6) is 11.5 Å². The van der Waals surface area contributed by atoms with Gasteiger partial charge in [-0.2, -0.15) is 8.78 Å². The maximum absolute atomic E-state index is 15.3. The fraction of sp³-hybridized carbons (Fsp3) is 0.462. The van der Waals surface area contributed by atoms with Crippen LogP contribution in [0.25, 0.3) is 10.9 Å². The van der Waals surface area contributed by atoms with Gasteiger partial charge in [-0.25, -0.2) is 14.4 Å². The molecule has 0 bridgehead atoms. The van der Waals surface area contributed by atoms with Crippen molar-refractivity contribution in [3.63, 3.8) is 0 Å². The molecule has 1 atom stereocenters. The minimum atomic E-state index is -3.80. The Morgan fingerprint density at radius 2 is 1.81 bits per heavy atom. The third-order valence-corrected chi connectivity index (χ3v) is 5.80. The number of aliphatic hydroxyl groups is 1. The first kappa shape index (κ1) is 27.5. The number of fused-ring (bicyclic) bond motifs is 1. The third kappa shape index (κ3) is 5.65. The Bertz CT molecular complexity index is 1220. The summed E-state index contributed by atoms with van der Waals surface area (Å²) >= 11 is 0. The molecule has 0 spiro atoms. The molecule has 3 rings (SSSR count). The molecular weight excluding hydrogens is 475 g/mol. The molecule has 0 radical (unpaired) electrons. The molecule has 196 valence electrons. The highest BCUT2D eigenvalue weighted by Crippen LogP contribution is 2.41. The first-order chi connectivity index (χ1) is 16.9. The molecule has 0 saturated carbocycles. The zero-order valence-electron chi connectivity index (χ0n) is 21.3. The van der Waals surface area contributed by atoms with E-state index in [4.69, 9.17) is 14.2 Å². The van der Waals surface area contributed by atoms with Gasteiger partial charge < -0.3 is 24.6 Å². The predicted octanol–water partition coefficient (Wildman–Crippen LogP) is 5.54. The van der Waals surface area contributed by atoms with E-state index in [1.807, 2.05) is 0 Å². The number of aromatic nitrogens is 2. The van der Waals surface area contributed by atoms with E-state index in [1.54, 1.807) is 33.1 Å². The number of rotatable bonds is 11. The summed E-state index contributed by atoms with van der Waals surface area (Å²) in [5.41, 5.74) is -2.74. The fourth-order valence-electron chi connectivity index (χ4n) is 3.76. The SMILES string of the molecule is COCCCOc1cc2c(N[C@H](C)c3cccc(C(F)(F)C(C)(C)O)c3F)nc(C)nc2cc1OC. The van der Waals surface area contributed by atoms with Crippen LogP contribution in [0, 0.1) is 12.7 Å². The highest BCUT2D eigenvalue weighted by molar-refractivity contribution is 5.92. The lowest BCUT2D eigenvalue weighted by Gasteiger charge is -2.30. The number of alkyl halides is 2. The minimum absolute atomic E-state index is 0.00499. The van der Waals surface area contributed by atoms with Gasteiger partial charge in [0.1, 0.15) is 23.1 Å². The summed E-state index contributed by atoms with van der Waals surface area (Å²) in [6, 6.07) is 6.44. The van der Waals surface area contributed by atoms with E-state index in [0.29, 0.717) is 53.7 Å². The van der Waals surface area contributed by atoms with Gasteiger partial charge in [0, 0.05) is 37.2 Å². The number of ether oxygens (including phenoxy) is 3. The van der Waals surface area contributed by atoms with Crippen molar-refractivity contribution in [1.82, 2.24) is 9.97 Å². The van der Waals surface area contributed by atoms with E-state index in [1.165, 1.54) is 19.2 Å².